The van der Waals surface area contributed by atoms with Crippen molar-refractivity contribution in [1.82, 2.24) is 4.90 Å². The smallest absolute Gasteiger partial charge is 0.0496 e. The summed E-state index contributed by atoms with van der Waals surface area (Å²) in [5.41, 5.74) is 7.55. The Balaban J connectivity index is 2.14. The molecule has 1 aliphatic carbocycles. The van der Waals surface area contributed by atoms with Crippen LogP contribution in [0, 0.1) is 5.92 Å². The van der Waals surface area contributed by atoms with Gasteiger partial charge < -0.3 is 5.73 Å². The second-order valence-electron chi connectivity index (χ2n) is 5.25. The van der Waals surface area contributed by atoms with Crippen molar-refractivity contribution in [3.63, 3.8) is 0 Å². The molecule has 0 heterocycles. The predicted molar refractivity (Wildman–Crippen MR) is 72.8 cm³/mol. The lowest BCUT2D eigenvalue weighted by molar-refractivity contribution is 0.178. The van der Waals surface area contributed by atoms with Crippen molar-refractivity contribution in [2.75, 3.05) is 13.1 Å². The number of benzene rings is 1. The van der Waals surface area contributed by atoms with E-state index in [1.807, 2.05) is 0 Å². The third-order valence-electron chi connectivity index (χ3n) is 3.63. The second-order valence-corrected chi connectivity index (χ2v) is 5.25. The first-order chi connectivity index (χ1) is 8.22. The molecule has 1 saturated carbocycles. The standard InChI is InChI=1S/C15H24N2/c1-3-17(11-13-9-10-13)15(12(2)16)14-7-5-4-6-8-14/h4-8,12-13,15H,3,9-11,16H2,1-2H3. The van der Waals surface area contributed by atoms with Gasteiger partial charge in [-0.05, 0) is 37.8 Å². The molecule has 2 atom stereocenters. The highest BCUT2D eigenvalue weighted by Gasteiger charge is 2.29. The van der Waals surface area contributed by atoms with Crippen LogP contribution in [0.5, 0.6) is 0 Å². The van der Waals surface area contributed by atoms with Crippen molar-refractivity contribution in [3.05, 3.63) is 35.9 Å². The van der Waals surface area contributed by atoms with Crippen LogP contribution in [-0.4, -0.2) is 24.0 Å². The SMILES string of the molecule is CCN(CC1CC1)C(c1ccccc1)C(C)N. The average Bonchev–Trinajstić information content (AvgIpc) is 3.13. The average molecular weight is 232 g/mol. The summed E-state index contributed by atoms with van der Waals surface area (Å²) in [5.74, 6) is 0.917. The van der Waals surface area contributed by atoms with E-state index in [4.69, 9.17) is 5.73 Å². The summed E-state index contributed by atoms with van der Waals surface area (Å²) in [7, 11) is 0. The molecule has 0 spiro atoms. The molecule has 2 rings (SSSR count). The van der Waals surface area contributed by atoms with Crippen molar-refractivity contribution < 1.29 is 0 Å². The highest BCUT2D eigenvalue weighted by atomic mass is 15.2. The maximum Gasteiger partial charge on any atom is 0.0496 e. The maximum atomic E-state index is 6.20. The molecule has 17 heavy (non-hydrogen) atoms. The van der Waals surface area contributed by atoms with Gasteiger partial charge in [0.2, 0.25) is 0 Å². The van der Waals surface area contributed by atoms with E-state index in [0.29, 0.717) is 6.04 Å². The molecule has 1 aromatic carbocycles. The molecule has 2 heteroatoms. The largest absolute Gasteiger partial charge is 0.326 e. The number of nitrogens with two attached hydrogens (primary N) is 1. The minimum Gasteiger partial charge on any atom is -0.326 e. The lowest BCUT2D eigenvalue weighted by Crippen LogP contribution is -2.40. The third kappa shape index (κ3) is 3.30. The van der Waals surface area contributed by atoms with Crippen molar-refractivity contribution in [1.29, 1.82) is 0 Å². The molecular formula is C15H24N2. The van der Waals surface area contributed by atoms with Crippen LogP contribution in [0.3, 0.4) is 0 Å². The van der Waals surface area contributed by atoms with Crippen molar-refractivity contribution in [2.24, 2.45) is 11.7 Å². The van der Waals surface area contributed by atoms with Crippen molar-refractivity contribution >= 4 is 0 Å². The number of hydrogen-bond donors (Lipinski definition) is 1. The first-order valence-corrected chi connectivity index (χ1v) is 6.77. The van der Waals surface area contributed by atoms with Gasteiger partial charge in [0.05, 0.1) is 0 Å². The lowest BCUT2D eigenvalue weighted by atomic mass is 9.99. The van der Waals surface area contributed by atoms with Crippen LogP contribution in [0.2, 0.25) is 0 Å². The molecule has 0 aromatic heterocycles. The molecule has 1 aromatic rings. The topological polar surface area (TPSA) is 29.3 Å². The van der Waals surface area contributed by atoms with Crippen LogP contribution in [-0.2, 0) is 0 Å². The summed E-state index contributed by atoms with van der Waals surface area (Å²) in [6.07, 6.45) is 2.80. The van der Waals surface area contributed by atoms with Gasteiger partial charge in [-0.2, -0.15) is 0 Å². The van der Waals surface area contributed by atoms with E-state index >= 15 is 0 Å². The zero-order valence-electron chi connectivity index (χ0n) is 11.0. The Morgan fingerprint density at radius 1 is 1.29 bits per heavy atom. The number of rotatable bonds is 6. The Morgan fingerprint density at radius 2 is 1.94 bits per heavy atom. The minimum atomic E-state index is 0.177. The summed E-state index contributed by atoms with van der Waals surface area (Å²) in [5, 5.41) is 0. The van der Waals surface area contributed by atoms with Gasteiger partial charge in [-0.25, -0.2) is 0 Å². The monoisotopic (exact) mass is 232 g/mol. The summed E-state index contributed by atoms with van der Waals surface area (Å²) in [6, 6.07) is 11.2. The van der Waals surface area contributed by atoms with E-state index in [1.54, 1.807) is 0 Å². The lowest BCUT2D eigenvalue weighted by Gasteiger charge is -2.34. The first kappa shape index (κ1) is 12.6. The van der Waals surface area contributed by atoms with Gasteiger partial charge in [0.25, 0.3) is 0 Å². The summed E-state index contributed by atoms with van der Waals surface area (Å²) in [4.78, 5) is 2.54. The molecule has 0 saturated heterocycles. The van der Waals surface area contributed by atoms with Crippen LogP contribution in [0.1, 0.15) is 38.3 Å². The molecule has 2 N–H and O–H groups in total. The highest BCUT2D eigenvalue weighted by Crippen LogP contribution is 2.33. The van der Waals surface area contributed by atoms with Gasteiger partial charge in [0.1, 0.15) is 0 Å². The number of hydrogen-bond acceptors (Lipinski definition) is 2. The summed E-state index contributed by atoms with van der Waals surface area (Å²) < 4.78 is 0. The molecule has 1 aliphatic rings. The van der Waals surface area contributed by atoms with Crippen LogP contribution in [0.25, 0.3) is 0 Å². The normalized spacial score (nSPS) is 19.3. The Morgan fingerprint density at radius 3 is 2.41 bits per heavy atom. The molecule has 0 bridgehead atoms. The fourth-order valence-corrected chi connectivity index (χ4v) is 2.57. The zero-order chi connectivity index (χ0) is 12.3. The fourth-order valence-electron chi connectivity index (χ4n) is 2.57. The van der Waals surface area contributed by atoms with Crippen molar-refractivity contribution in [2.45, 2.75) is 38.8 Å². The van der Waals surface area contributed by atoms with Crippen LogP contribution in [0.4, 0.5) is 0 Å². The van der Waals surface area contributed by atoms with E-state index < -0.39 is 0 Å². The molecule has 0 radical (unpaired) electrons. The van der Waals surface area contributed by atoms with Crippen LogP contribution >= 0.6 is 0 Å². The van der Waals surface area contributed by atoms with E-state index in [2.05, 4.69) is 49.1 Å². The van der Waals surface area contributed by atoms with Gasteiger partial charge in [-0.1, -0.05) is 37.3 Å². The zero-order valence-corrected chi connectivity index (χ0v) is 11.0. The number of likely N-dealkylation sites (N-methyl/N-ethyl adjacent to an activating group) is 1. The molecule has 1 fully saturated rings. The first-order valence-electron chi connectivity index (χ1n) is 6.77. The highest BCUT2D eigenvalue weighted by molar-refractivity contribution is 5.20. The maximum absolute atomic E-state index is 6.20. The molecular weight excluding hydrogens is 208 g/mol. The third-order valence-corrected chi connectivity index (χ3v) is 3.63. The fraction of sp³-hybridized carbons (Fsp3) is 0.600. The van der Waals surface area contributed by atoms with Crippen LogP contribution < -0.4 is 5.73 Å². The van der Waals surface area contributed by atoms with E-state index in [1.165, 1.54) is 24.9 Å². The summed E-state index contributed by atoms with van der Waals surface area (Å²) in [6.45, 7) is 6.64. The van der Waals surface area contributed by atoms with E-state index in [-0.39, 0.29) is 6.04 Å². The minimum absolute atomic E-state index is 0.177. The van der Waals surface area contributed by atoms with Gasteiger partial charge in [0, 0.05) is 18.6 Å². The van der Waals surface area contributed by atoms with Gasteiger partial charge in [0.15, 0.2) is 0 Å². The molecule has 2 nitrogen and oxygen atoms in total. The van der Waals surface area contributed by atoms with Gasteiger partial charge in [-0.3, -0.25) is 4.90 Å². The Bertz CT molecular complexity index is 330. The molecule has 2 unspecified atom stereocenters. The Labute approximate surface area is 105 Å². The van der Waals surface area contributed by atoms with Crippen molar-refractivity contribution in [3.8, 4) is 0 Å². The van der Waals surface area contributed by atoms with Gasteiger partial charge in [-0.15, -0.1) is 0 Å². The Kier molecular flexibility index (Phi) is 4.19. The number of nitrogens with zero attached hydrogens (tertiary/aromatic N) is 1. The molecule has 0 aliphatic heterocycles. The molecule has 0 amide bonds. The van der Waals surface area contributed by atoms with Crippen LogP contribution in [0.15, 0.2) is 30.3 Å². The quantitative estimate of drug-likeness (QED) is 0.817. The predicted octanol–water partition coefficient (Wildman–Crippen LogP) is 2.81. The Hall–Kier alpha value is -0.860. The second kappa shape index (κ2) is 5.65. The molecule has 94 valence electrons. The van der Waals surface area contributed by atoms with E-state index in [0.717, 1.165) is 12.5 Å². The van der Waals surface area contributed by atoms with Gasteiger partial charge >= 0.3 is 0 Å². The van der Waals surface area contributed by atoms with E-state index in [9.17, 15) is 0 Å². The summed E-state index contributed by atoms with van der Waals surface area (Å²) >= 11 is 0.